The van der Waals surface area contributed by atoms with E-state index < -0.39 is 6.04 Å². The zero-order chi connectivity index (χ0) is 22.1. The Bertz CT molecular complexity index is 856. The summed E-state index contributed by atoms with van der Waals surface area (Å²) in [7, 11) is 1.65. The third-order valence-corrected chi connectivity index (χ3v) is 4.90. The van der Waals surface area contributed by atoms with Crippen molar-refractivity contribution in [1.29, 1.82) is 0 Å². The number of anilines is 1. The lowest BCUT2D eigenvalue weighted by Gasteiger charge is -2.18. The van der Waals surface area contributed by atoms with Crippen molar-refractivity contribution in [2.45, 2.75) is 45.7 Å². The molecule has 164 valence electrons. The van der Waals surface area contributed by atoms with E-state index in [9.17, 15) is 9.59 Å². The van der Waals surface area contributed by atoms with Gasteiger partial charge in [0.05, 0.1) is 30.9 Å². The number of nitrogens with zero attached hydrogens (tertiary/aromatic N) is 1. The van der Waals surface area contributed by atoms with Gasteiger partial charge in [0.1, 0.15) is 5.75 Å². The van der Waals surface area contributed by atoms with Crippen LogP contribution in [0.4, 0.5) is 5.69 Å². The predicted octanol–water partition coefficient (Wildman–Crippen LogP) is 2.04. The van der Waals surface area contributed by atoms with Crippen molar-refractivity contribution in [2.75, 3.05) is 25.5 Å². The molecule has 1 aromatic heterocycles. The molecule has 0 bridgehead atoms. The molecule has 0 aliphatic carbocycles. The van der Waals surface area contributed by atoms with E-state index in [0.717, 1.165) is 35.2 Å². The number of ether oxygens (including phenoxy) is 1. The third kappa shape index (κ3) is 6.88. The molecular weight excluding hydrogens is 382 g/mol. The molecule has 0 radical (unpaired) electrons. The molecule has 2 rings (SSSR count). The van der Waals surface area contributed by atoms with Gasteiger partial charge in [-0.15, -0.1) is 0 Å². The van der Waals surface area contributed by atoms with Crippen LogP contribution in [0, 0.1) is 5.92 Å². The van der Waals surface area contributed by atoms with Crippen molar-refractivity contribution < 1.29 is 14.3 Å². The molecule has 0 spiro atoms. The van der Waals surface area contributed by atoms with E-state index in [2.05, 4.69) is 27.9 Å². The van der Waals surface area contributed by atoms with E-state index in [1.165, 1.54) is 0 Å². The number of nitrogens with two attached hydrogens (primary N) is 1. The molecule has 1 heterocycles. The lowest BCUT2D eigenvalue weighted by molar-refractivity contribution is -0.127. The fraction of sp³-hybridized carbons (Fsp3) is 0.500. The van der Waals surface area contributed by atoms with E-state index in [4.69, 9.17) is 10.5 Å². The summed E-state index contributed by atoms with van der Waals surface area (Å²) in [5.74, 6) is 0.274. The average Bonchev–Trinajstić information content (AvgIpc) is 2.74. The second-order valence-electron chi connectivity index (χ2n) is 7.78. The largest absolute Gasteiger partial charge is 0.497 e. The topological polar surface area (TPSA) is 118 Å². The fourth-order valence-electron chi connectivity index (χ4n) is 3.02. The average molecular weight is 416 g/mol. The summed E-state index contributed by atoms with van der Waals surface area (Å²) in [6.45, 7) is 6.29. The highest BCUT2D eigenvalue weighted by molar-refractivity contribution is 5.92. The quantitative estimate of drug-likeness (QED) is 0.417. The number of hydrogen-bond acceptors (Lipinski definition) is 6. The first kappa shape index (κ1) is 23.4. The Morgan fingerprint density at radius 3 is 2.67 bits per heavy atom. The van der Waals surface area contributed by atoms with Crippen LogP contribution in [0.5, 0.6) is 5.75 Å². The summed E-state index contributed by atoms with van der Waals surface area (Å²) in [5, 5.41) is 9.88. The molecule has 8 nitrogen and oxygen atoms in total. The number of aromatic nitrogens is 1. The maximum atomic E-state index is 11.9. The Balaban J connectivity index is 1.75. The number of fused-ring (bicyclic) bond motifs is 1. The van der Waals surface area contributed by atoms with Gasteiger partial charge >= 0.3 is 0 Å². The number of rotatable bonds is 11. The number of nitrogens with one attached hydrogen (secondary N) is 3. The molecule has 8 heteroatoms. The molecule has 2 atom stereocenters. The van der Waals surface area contributed by atoms with Crippen LogP contribution in [0.15, 0.2) is 30.5 Å². The highest BCUT2D eigenvalue weighted by Gasteiger charge is 2.17. The van der Waals surface area contributed by atoms with Gasteiger partial charge in [-0.05, 0) is 37.8 Å². The number of carbonyl (C=O) groups excluding carboxylic acids is 2. The molecule has 0 saturated carbocycles. The molecule has 0 saturated heterocycles. The van der Waals surface area contributed by atoms with Gasteiger partial charge in [0.2, 0.25) is 11.8 Å². The van der Waals surface area contributed by atoms with Gasteiger partial charge in [-0.25, -0.2) is 0 Å². The van der Waals surface area contributed by atoms with Crippen LogP contribution in [0.3, 0.4) is 0 Å². The molecule has 1 unspecified atom stereocenters. The van der Waals surface area contributed by atoms with Crippen LogP contribution in [0.25, 0.3) is 10.9 Å². The standard InChI is InChI=1S/C22H33N5O3/c1-14(2)20(23)22(29)26-13-19(28)24-9-5-7-15(3)27-18-12-17(30-4)11-16-8-6-10-25-21(16)18/h6,8,10-12,14-15,20,27H,5,7,9,13,23H2,1-4H3,(H,24,28)(H,26,29)/t15?,20-/m0/s1. The Hall–Kier alpha value is -2.87. The lowest BCUT2D eigenvalue weighted by atomic mass is 10.1. The molecular formula is C22H33N5O3. The van der Waals surface area contributed by atoms with Gasteiger partial charge in [0.25, 0.3) is 0 Å². The summed E-state index contributed by atoms with van der Waals surface area (Å²) in [5.41, 5.74) is 7.57. The van der Waals surface area contributed by atoms with E-state index >= 15 is 0 Å². The number of amides is 2. The van der Waals surface area contributed by atoms with Crippen molar-refractivity contribution in [3.05, 3.63) is 30.5 Å². The molecule has 30 heavy (non-hydrogen) atoms. The van der Waals surface area contributed by atoms with Crippen LogP contribution in [-0.2, 0) is 9.59 Å². The van der Waals surface area contributed by atoms with Crippen molar-refractivity contribution in [1.82, 2.24) is 15.6 Å². The van der Waals surface area contributed by atoms with E-state index in [-0.39, 0.29) is 30.3 Å². The zero-order valence-corrected chi connectivity index (χ0v) is 18.2. The highest BCUT2D eigenvalue weighted by Crippen LogP contribution is 2.28. The minimum Gasteiger partial charge on any atom is -0.497 e. The van der Waals surface area contributed by atoms with Gasteiger partial charge in [-0.2, -0.15) is 0 Å². The van der Waals surface area contributed by atoms with Crippen molar-refractivity contribution in [3.63, 3.8) is 0 Å². The van der Waals surface area contributed by atoms with Gasteiger partial charge in [0.15, 0.2) is 0 Å². The van der Waals surface area contributed by atoms with Crippen LogP contribution >= 0.6 is 0 Å². The summed E-state index contributed by atoms with van der Waals surface area (Å²) >= 11 is 0. The SMILES string of the molecule is COc1cc(NC(C)CCCNC(=O)CNC(=O)[C@@H](N)C(C)C)c2ncccc2c1. The van der Waals surface area contributed by atoms with Crippen LogP contribution in [0.1, 0.15) is 33.6 Å². The van der Waals surface area contributed by atoms with E-state index in [1.54, 1.807) is 13.3 Å². The Morgan fingerprint density at radius 2 is 1.97 bits per heavy atom. The number of pyridine rings is 1. The van der Waals surface area contributed by atoms with Crippen molar-refractivity contribution in [3.8, 4) is 5.75 Å². The molecule has 5 N–H and O–H groups in total. The Labute approximate surface area is 178 Å². The molecule has 0 aliphatic rings. The van der Waals surface area contributed by atoms with Gasteiger partial charge in [0, 0.05) is 30.2 Å². The summed E-state index contributed by atoms with van der Waals surface area (Å²) in [6.07, 6.45) is 3.43. The minimum absolute atomic E-state index is 0.0268. The fourth-order valence-corrected chi connectivity index (χ4v) is 3.02. The Kier molecular flexibility index (Phi) is 8.86. The van der Waals surface area contributed by atoms with E-state index in [0.29, 0.717) is 6.54 Å². The molecule has 0 aliphatic heterocycles. The second kappa shape index (κ2) is 11.3. The van der Waals surface area contributed by atoms with Crippen molar-refractivity contribution in [2.24, 2.45) is 11.7 Å². The third-order valence-electron chi connectivity index (χ3n) is 4.90. The maximum Gasteiger partial charge on any atom is 0.239 e. The van der Waals surface area contributed by atoms with Crippen LogP contribution in [-0.4, -0.2) is 49.1 Å². The van der Waals surface area contributed by atoms with Crippen molar-refractivity contribution >= 4 is 28.4 Å². The molecule has 2 aromatic rings. The molecule has 0 fully saturated rings. The first-order valence-corrected chi connectivity index (χ1v) is 10.3. The number of carbonyl (C=O) groups is 2. The Morgan fingerprint density at radius 1 is 1.20 bits per heavy atom. The normalized spacial score (nSPS) is 13.0. The second-order valence-corrected chi connectivity index (χ2v) is 7.78. The zero-order valence-electron chi connectivity index (χ0n) is 18.2. The summed E-state index contributed by atoms with van der Waals surface area (Å²) < 4.78 is 5.38. The van der Waals surface area contributed by atoms with Crippen LogP contribution in [0.2, 0.25) is 0 Å². The minimum atomic E-state index is -0.605. The highest BCUT2D eigenvalue weighted by atomic mass is 16.5. The van der Waals surface area contributed by atoms with Gasteiger partial charge in [-0.3, -0.25) is 14.6 Å². The number of benzene rings is 1. The first-order valence-electron chi connectivity index (χ1n) is 10.3. The van der Waals surface area contributed by atoms with E-state index in [1.807, 2.05) is 38.1 Å². The van der Waals surface area contributed by atoms with Crippen LogP contribution < -0.4 is 26.4 Å². The molecule has 2 amide bonds. The lowest BCUT2D eigenvalue weighted by Crippen LogP contribution is -2.47. The number of methoxy groups -OCH3 is 1. The summed E-state index contributed by atoms with van der Waals surface area (Å²) in [6, 6.07) is 7.38. The monoisotopic (exact) mass is 415 g/mol. The number of hydrogen-bond donors (Lipinski definition) is 4. The van der Waals surface area contributed by atoms with Gasteiger partial charge < -0.3 is 26.4 Å². The maximum absolute atomic E-state index is 11.9. The smallest absolute Gasteiger partial charge is 0.239 e. The summed E-state index contributed by atoms with van der Waals surface area (Å²) in [4.78, 5) is 28.1. The van der Waals surface area contributed by atoms with Gasteiger partial charge in [-0.1, -0.05) is 19.9 Å². The predicted molar refractivity (Wildman–Crippen MR) is 119 cm³/mol. The first-order chi connectivity index (χ1) is 14.3. The molecule has 1 aromatic carbocycles.